The van der Waals surface area contributed by atoms with E-state index >= 15 is 0 Å². The standard InChI is InChI=1S/C21H21N3OS/c1-13-5-6-18-17(9-13)21(25)24-20(23-18)19-16(7-8-26-19)11-14-3-2-4-15(10-14)12-22/h2-10,16,23H,11-12,22H2,1H3,(H,24,25). The molecule has 0 aliphatic carbocycles. The molecule has 0 aromatic heterocycles. The fourth-order valence-electron chi connectivity index (χ4n) is 3.35. The first-order valence-electron chi connectivity index (χ1n) is 8.68. The SMILES string of the molecule is Cc1ccc2c(c1)C(=O)NC(=C1SC=CC1Cc1cccc(CN)c1)N2. The summed E-state index contributed by atoms with van der Waals surface area (Å²) in [5.74, 6) is 0.977. The Morgan fingerprint density at radius 1 is 1.12 bits per heavy atom. The lowest BCUT2D eigenvalue weighted by Gasteiger charge is -2.25. The number of nitrogens with two attached hydrogens (primary N) is 1. The minimum Gasteiger partial charge on any atom is -0.340 e. The summed E-state index contributed by atoms with van der Waals surface area (Å²) in [4.78, 5) is 13.7. The van der Waals surface area contributed by atoms with E-state index < -0.39 is 0 Å². The first-order chi connectivity index (χ1) is 12.6. The molecule has 0 spiro atoms. The van der Waals surface area contributed by atoms with Gasteiger partial charge in [0.05, 0.1) is 11.3 Å². The molecule has 26 heavy (non-hydrogen) atoms. The van der Waals surface area contributed by atoms with Crippen molar-refractivity contribution < 1.29 is 4.79 Å². The number of anilines is 1. The number of nitrogens with one attached hydrogen (secondary N) is 2. The second kappa shape index (κ2) is 7.02. The maximum atomic E-state index is 12.5. The summed E-state index contributed by atoms with van der Waals surface area (Å²) in [6.45, 7) is 2.54. The molecule has 0 radical (unpaired) electrons. The molecule has 0 bridgehead atoms. The molecule has 4 nitrogen and oxygen atoms in total. The number of aryl methyl sites for hydroxylation is 1. The first kappa shape index (κ1) is 16.9. The monoisotopic (exact) mass is 363 g/mol. The van der Waals surface area contributed by atoms with Crippen LogP contribution in [0.15, 0.2) is 64.7 Å². The third-order valence-corrected chi connectivity index (χ3v) is 5.74. The van der Waals surface area contributed by atoms with Crippen LogP contribution < -0.4 is 16.4 Å². The minimum absolute atomic E-state index is 0.0543. The molecule has 5 heteroatoms. The smallest absolute Gasteiger partial charge is 0.258 e. The number of fused-ring (bicyclic) bond motifs is 1. The molecule has 0 fully saturated rings. The quantitative estimate of drug-likeness (QED) is 0.774. The van der Waals surface area contributed by atoms with Crippen LogP contribution in [0.2, 0.25) is 0 Å². The van der Waals surface area contributed by atoms with Crippen molar-refractivity contribution in [1.82, 2.24) is 5.32 Å². The fraction of sp³-hybridized carbons (Fsp3) is 0.190. The van der Waals surface area contributed by atoms with E-state index in [4.69, 9.17) is 5.73 Å². The normalized spacial score (nSPS) is 21.3. The molecular formula is C21H21N3OS. The van der Waals surface area contributed by atoms with Gasteiger partial charge in [0.15, 0.2) is 0 Å². The van der Waals surface area contributed by atoms with Gasteiger partial charge in [0.1, 0.15) is 5.82 Å². The Kier molecular flexibility index (Phi) is 4.57. The lowest BCUT2D eigenvalue weighted by atomic mass is 9.97. The second-order valence-electron chi connectivity index (χ2n) is 6.65. The van der Waals surface area contributed by atoms with Gasteiger partial charge in [-0.15, -0.1) is 0 Å². The zero-order valence-electron chi connectivity index (χ0n) is 14.6. The summed E-state index contributed by atoms with van der Waals surface area (Å²) in [5.41, 5.74) is 10.8. The largest absolute Gasteiger partial charge is 0.340 e. The molecule has 0 saturated heterocycles. The molecule has 2 aliphatic rings. The number of benzene rings is 2. The zero-order chi connectivity index (χ0) is 18.1. The predicted molar refractivity (Wildman–Crippen MR) is 108 cm³/mol. The Labute approximate surface area is 157 Å². The summed E-state index contributed by atoms with van der Waals surface area (Å²) in [7, 11) is 0. The highest BCUT2D eigenvalue weighted by Gasteiger charge is 2.27. The lowest BCUT2D eigenvalue weighted by Crippen LogP contribution is -2.34. The topological polar surface area (TPSA) is 67.2 Å². The second-order valence-corrected chi connectivity index (χ2v) is 7.60. The highest BCUT2D eigenvalue weighted by atomic mass is 32.2. The molecule has 2 aromatic rings. The van der Waals surface area contributed by atoms with Crippen molar-refractivity contribution in [2.24, 2.45) is 11.7 Å². The minimum atomic E-state index is -0.0543. The molecule has 2 heterocycles. The Morgan fingerprint density at radius 3 is 2.81 bits per heavy atom. The molecule has 1 atom stereocenters. The number of thioether (sulfide) groups is 1. The number of carbonyl (C=O) groups is 1. The van der Waals surface area contributed by atoms with Gasteiger partial charge in [-0.1, -0.05) is 53.7 Å². The van der Waals surface area contributed by atoms with E-state index in [0.717, 1.165) is 34.0 Å². The van der Waals surface area contributed by atoms with Crippen LogP contribution in [0.5, 0.6) is 0 Å². The Balaban J connectivity index is 1.62. The van der Waals surface area contributed by atoms with Gasteiger partial charge in [0, 0.05) is 17.4 Å². The van der Waals surface area contributed by atoms with Gasteiger partial charge in [-0.25, -0.2) is 0 Å². The van der Waals surface area contributed by atoms with E-state index in [-0.39, 0.29) is 11.8 Å². The molecule has 1 amide bonds. The molecule has 0 saturated carbocycles. The van der Waals surface area contributed by atoms with Crippen molar-refractivity contribution in [3.05, 3.63) is 86.9 Å². The highest BCUT2D eigenvalue weighted by Crippen LogP contribution is 2.39. The van der Waals surface area contributed by atoms with Gasteiger partial charge >= 0.3 is 0 Å². The van der Waals surface area contributed by atoms with Gasteiger partial charge in [-0.05, 0) is 42.0 Å². The van der Waals surface area contributed by atoms with Gasteiger partial charge in [0.2, 0.25) is 0 Å². The van der Waals surface area contributed by atoms with E-state index in [0.29, 0.717) is 12.1 Å². The zero-order valence-corrected chi connectivity index (χ0v) is 15.4. The number of allylic oxidation sites excluding steroid dienone is 2. The summed E-state index contributed by atoms with van der Waals surface area (Å²) in [6, 6.07) is 14.3. The van der Waals surface area contributed by atoms with Crippen LogP contribution in [0.1, 0.15) is 27.0 Å². The maximum Gasteiger partial charge on any atom is 0.258 e. The van der Waals surface area contributed by atoms with Crippen LogP contribution in [0.25, 0.3) is 0 Å². The Hall–Kier alpha value is -2.50. The third kappa shape index (κ3) is 3.28. The van der Waals surface area contributed by atoms with Crippen LogP contribution in [0.4, 0.5) is 5.69 Å². The third-order valence-electron chi connectivity index (χ3n) is 4.69. The molecule has 2 aliphatic heterocycles. The van der Waals surface area contributed by atoms with Crippen molar-refractivity contribution in [3.8, 4) is 0 Å². The molecule has 4 rings (SSSR count). The van der Waals surface area contributed by atoms with Gasteiger partial charge in [0.25, 0.3) is 5.91 Å². The predicted octanol–water partition coefficient (Wildman–Crippen LogP) is 3.90. The summed E-state index contributed by atoms with van der Waals surface area (Å²) in [5, 5.41) is 8.53. The lowest BCUT2D eigenvalue weighted by molar-refractivity contribution is 0.0963. The van der Waals surface area contributed by atoms with Gasteiger partial charge in [-0.3, -0.25) is 4.79 Å². The number of carbonyl (C=O) groups excluding carboxylic acids is 1. The van der Waals surface area contributed by atoms with Crippen LogP contribution in [0.3, 0.4) is 0 Å². The van der Waals surface area contributed by atoms with Crippen molar-refractivity contribution in [2.75, 3.05) is 5.32 Å². The summed E-state index contributed by atoms with van der Waals surface area (Å²) in [6.07, 6.45) is 3.08. The van der Waals surface area contributed by atoms with E-state index in [1.54, 1.807) is 11.8 Å². The molecule has 2 aromatic carbocycles. The van der Waals surface area contributed by atoms with Crippen molar-refractivity contribution >= 4 is 23.4 Å². The summed E-state index contributed by atoms with van der Waals surface area (Å²) < 4.78 is 0. The number of rotatable bonds is 3. The van der Waals surface area contributed by atoms with Gasteiger partial charge in [-0.2, -0.15) is 0 Å². The van der Waals surface area contributed by atoms with Crippen LogP contribution >= 0.6 is 11.8 Å². The highest BCUT2D eigenvalue weighted by molar-refractivity contribution is 8.06. The van der Waals surface area contributed by atoms with Crippen molar-refractivity contribution in [2.45, 2.75) is 19.9 Å². The summed E-state index contributed by atoms with van der Waals surface area (Å²) >= 11 is 1.66. The average Bonchev–Trinajstić information content (AvgIpc) is 3.10. The number of hydrogen-bond donors (Lipinski definition) is 3. The van der Waals surface area contributed by atoms with Crippen LogP contribution in [-0.2, 0) is 13.0 Å². The number of amides is 1. The number of hydrogen-bond acceptors (Lipinski definition) is 4. The molecule has 4 N–H and O–H groups in total. The van der Waals surface area contributed by atoms with Crippen molar-refractivity contribution in [3.63, 3.8) is 0 Å². The van der Waals surface area contributed by atoms with E-state index in [9.17, 15) is 4.79 Å². The van der Waals surface area contributed by atoms with E-state index in [1.165, 1.54) is 5.56 Å². The van der Waals surface area contributed by atoms with Crippen molar-refractivity contribution in [1.29, 1.82) is 0 Å². The van der Waals surface area contributed by atoms with E-state index in [1.807, 2.05) is 31.2 Å². The van der Waals surface area contributed by atoms with Gasteiger partial charge < -0.3 is 16.4 Å². The first-order valence-corrected chi connectivity index (χ1v) is 9.56. The molecular weight excluding hydrogens is 342 g/mol. The van der Waals surface area contributed by atoms with Crippen LogP contribution in [0, 0.1) is 12.8 Å². The maximum absolute atomic E-state index is 12.5. The Bertz CT molecular complexity index is 933. The van der Waals surface area contributed by atoms with E-state index in [2.05, 4.69) is 40.3 Å². The average molecular weight is 363 g/mol. The molecule has 132 valence electrons. The molecule has 1 unspecified atom stereocenters. The fourth-order valence-corrected chi connectivity index (χ4v) is 4.32. The van der Waals surface area contributed by atoms with Crippen LogP contribution in [-0.4, -0.2) is 5.91 Å². The Morgan fingerprint density at radius 2 is 1.96 bits per heavy atom.